The first-order valence-corrected chi connectivity index (χ1v) is 8.58. The monoisotopic (exact) mass is 322 g/mol. The minimum atomic E-state index is -0.447. The molecule has 1 aliphatic rings. The van der Waals surface area contributed by atoms with Crippen LogP contribution in [0.2, 0.25) is 0 Å². The lowest BCUT2D eigenvalue weighted by Gasteiger charge is -2.27. The van der Waals surface area contributed by atoms with E-state index in [-0.39, 0.29) is 12.1 Å². The lowest BCUT2D eigenvalue weighted by Crippen LogP contribution is -2.37. The van der Waals surface area contributed by atoms with Gasteiger partial charge in [0.15, 0.2) is 0 Å². The van der Waals surface area contributed by atoms with Gasteiger partial charge in [0.25, 0.3) is 0 Å². The van der Waals surface area contributed by atoms with Gasteiger partial charge in [-0.2, -0.15) is 5.10 Å². The van der Waals surface area contributed by atoms with Gasteiger partial charge in [-0.25, -0.2) is 4.79 Å². The topological polar surface area (TPSA) is 59.4 Å². The van der Waals surface area contributed by atoms with E-state index in [1.54, 1.807) is 0 Å². The van der Waals surface area contributed by atoms with Crippen LogP contribution < -0.4 is 5.32 Å². The summed E-state index contributed by atoms with van der Waals surface area (Å²) in [5.74, 6) is 0.379. The summed E-state index contributed by atoms with van der Waals surface area (Å²) in [5.41, 5.74) is 0.752. The van der Waals surface area contributed by atoms with E-state index in [2.05, 4.69) is 30.3 Å². The van der Waals surface area contributed by atoms with Crippen LogP contribution in [-0.4, -0.2) is 46.0 Å². The molecule has 2 unspecified atom stereocenters. The highest BCUT2D eigenvalue weighted by atomic mass is 16.6. The number of ether oxygens (including phenoxy) is 1. The van der Waals surface area contributed by atoms with E-state index in [9.17, 15) is 4.79 Å². The Morgan fingerprint density at radius 1 is 1.48 bits per heavy atom. The summed E-state index contributed by atoms with van der Waals surface area (Å²) in [6, 6.07) is 2.29. The standard InChI is InChI=1S/C17H30N4O2/c1-6-18-15(14-8-10-19-21(14)7-2)13-9-11-20(12-13)16(22)23-17(3,4)5/h8,10,13,15,18H,6-7,9,11-12H2,1-5H3. The molecule has 1 aromatic rings. The van der Waals surface area contributed by atoms with Crippen LogP contribution in [0, 0.1) is 5.92 Å². The van der Waals surface area contributed by atoms with E-state index >= 15 is 0 Å². The first-order chi connectivity index (χ1) is 10.9. The molecule has 6 nitrogen and oxygen atoms in total. The second-order valence-corrected chi connectivity index (χ2v) is 7.08. The molecule has 2 heterocycles. The van der Waals surface area contributed by atoms with Crippen LogP contribution in [0.4, 0.5) is 4.79 Å². The number of likely N-dealkylation sites (tertiary alicyclic amines) is 1. The largest absolute Gasteiger partial charge is 0.444 e. The molecule has 0 bridgehead atoms. The number of nitrogens with zero attached hydrogens (tertiary/aromatic N) is 3. The van der Waals surface area contributed by atoms with Crippen molar-refractivity contribution >= 4 is 6.09 Å². The number of nitrogens with one attached hydrogen (secondary N) is 1. The molecule has 1 aliphatic heterocycles. The molecular weight excluding hydrogens is 292 g/mol. The molecular formula is C17H30N4O2. The van der Waals surface area contributed by atoms with Gasteiger partial charge in [0, 0.05) is 25.8 Å². The molecule has 2 rings (SSSR count). The van der Waals surface area contributed by atoms with Gasteiger partial charge in [-0.15, -0.1) is 0 Å². The van der Waals surface area contributed by atoms with Crippen LogP contribution in [0.25, 0.3) is 0 Å². The Labute approximate surface area is 139 Å². The second kappa shape index (κ2) is 7.34. The van der Waals surface area contributed by atoms with Crippen molar-refractivity contribution in [2.75, 3.05) is 19.6 Å². The maximum absolute atomic E-state index is 12.3. The van der Waals surface area contributed by atoms with E-state index in [1.807, 2.05) is 36.5 Å². The first-order valence-electron chi connectivity index (χ1n) is 8.58. The minimum absolute atomic E-state index is 0.209. The molecule has 2 atom stereocenters. The summed E-state index contributed by atoms with van der Waals surface area (Å²) in [4.78, 5) is 14.1. The summed E-state index contributed by atoms with van der Waals surface area (Å²) >= 11 is 0. The molecule has 6 heteroatoms. The van der Waals surface area contributed by atoms with E-state index in [0.29, 0.717) is 5.92 Å². The number of carbonyl (C=O) groups is 1. The Morgan fingerprint density at radius 3 is 2.83 bits per heavy atom. The molecule has 1 fully saturated rings. The molecule has 23 heavy (non-hydrogen) atoms. The van der Waals surface area contributed by atoms with Crippen molar-refractivity contribution in [1.29, 1.82) is 0 Å². The van der Waals surface area contributed by atoms with Gasteiger partial charge >= 0.3 is 6.09 Å². The van der Waals surface area contributed by atoms with Crippen molar-refractivity contribution in [3.63, 3.8) is 0 Å². The highest BCUT2D eigenvalue weighted by Crippen LogP contribution is 2.30. The molecule has 0 radical (unpaired) electrons. The van der Waals surface area contributed by atoms with Crippen LogP contribution in [0.1, 0.15) is 52.8 Å². The molecule has 1 saturated heterocycles. The maximum Gasteiger partial charge on any atom is 0.410 e. The van der Waals surface area contributed by atoms with Gasteiger partial charge < -0.3 is 15.0 Å². The van der Waals surface area contributed by atoms with Crippen molar-refractivity contribution in [2.24, 2.45) is 5.92 Å². The Bertz CT molecular complexity index is 521. The van der Waals surface area contributed by atoms with Gasteiger partial charge in [-0.3, -0.25) is 4.68 Å². The van der Waals surface area contributed by atoms with Crippen LogP contribution in [0.5, 0.6) is 0 Å². The number of carbonyl (C=O) groups excluding carboxylic acids is 1. The smallest absolute Gasteiger partial charge is 0.410 e. The fraction of sp³-hybridized carbons (Fsp3) is 0.765. The summed E-state index contributed by atoms with van der Waals surface area (Å²) in [6.45, 7) is 13.1. The molecule has 0 aliphatic carbocycles. The highest BCUT2D eigenvalue weighted by Gasteiger charge is 2.35. The summed E-state index contributed by atoms with van der Waals surface area (Å²) in [7, 11) is 0. The Morgan fingerprint density at radius 2 is 2.22 bits per heavy atom. The number of aromatic nitrogens is 2. The van der Waals surface area contributed by atoms with E-state index < -0.39 is 5.60 Å². The van der Waals surface area contributed by atoms with E-state index in [1.165, 1.54) is 5.69 Å². The Balaban J connectivity index is 2.06. The number of amides is 1. The third-order valence-electron chi connectivity index (χ3n) is 4.14. The number of aryl methyl sites for hydroxylation is 1. The number of hydrogen-bond donors (Lipinski definition) is 1. The van der Waals surface area contributed by atoms with Gasteiger partial charge in [0.2, 0.25) is 0 Å². The van der Waals surface area contributed by atoms with Crippen molar-refractivity contribution in [3.05, 3.63) is 18.0 Å². The maximum atomic E-state index is 12.3. The summed E-state index contributed by atoms with van der Waals surface area (Å²) in [5, 5.41) is 7.95. The lowest BCUT2D eigenvalue weighted by molar-refractivity contribution is 0.0285. The Hall–Kier alpha value is -1.56. The number of hydrogen-bond acceptors (Lipinski definition) is 4. The fourth-order valence-electron chi connectivity index (χ4n) is 3.16. The van der Waals surface area contributed by atoms with Gasteiger partial charge in [0.1, 0.15) is 5.60 Å². The second-order valence-electron chi connectivity index (χ2n) is 7.08. The lowest BCUT2D eigenvalue weighted by atomic mass is 9.96. The summed E-state index contributed by atoms with van der Waals surface area (Å²) < 4.78 is 7.53. The van der Waals surface area contributed by atoms with E-state index in [4.69, 9.17) is 4.74 Å². The normalized spacial score (nSPS) is 19.9. The minimum Gasteiger partial charge on any atom is -0.444 e. The molecule has 0 saturated carbocycles. The zero-order chi connectivity index (χ0) is 17.0. The summed E-state index contributed by atoms with van der Waals surface area (Å²) in [6.07, 6.45) is 2.62. The molecule has 130 valence electrons. The highest BCUT2D eigenvalue weighted by molar-refractivity contribution is 5.68. The first kappa shape index (κ1) is 17.8. The molecule has 1 N–H and O–H groups in total. The molecule has 0 spiro atoms. The number of rotatable bonds is 5. The third-order valence-corrected chi connectivity index (χ3v) is 4.14. The third kappa shape index (κ3) is 4.47. The quantitative estimate of drug-likeness (QED) is 0.905. The van der Waals surface area contributed by atoms with Gasteiger partial charge in [-0.05, 0) is 52.6 Å². The van der Waals surface area contributed by atoms with Crippen LogP contribution in [-0.2, 0) is 11.3 Å². The van der Waals surface area contributed by atoms with Gasteiger partial charge in [0.05, 0.1) is 11.7 Å². The predicted octanol–water partition coefficient (Wildman–Crippen LogP) is 2.81. The Kier molecular flexibility index (Phi) is 5.68. The van der Waals surface area contributed by atoms with Crippen molar-refractivity contribution in [1.82, 2.24) is 20.0 Å². The van der Waals surface area contributed by atoms with Crippen LogP contribution in [0.3, 0.4) is 0 Å². The predicted molar refractivity (Wildman–Crippen MR) is 90.2 cm³/mol. The molecule has 1 amide bonds. The van der Waals surface area contributed by atoms with Gasteiger partial charge in [-0.1, -0.05) is 6.92 Å². The average molecular weight is 322 g/mol. The van der Waals surface area contributed by atoms with Crippen molar-refractivity contribution in [2.45, 2.75) is 59.2 Å². The molecule has 0 aromatic carbocycles. The zero-order valence-electron chi connectivity index (χ0n) is 15.0. The van der Waals surface area contributed by atoms with Crippen LogP contribution in [0.15, 0.2) is 12.3 Å². The van der Waals surface area contributed by atoms with Crippen molar-refractivity contribution in [3.8, 4) is 0 Å². The SMILES string of the molecule is CCNC(c1ccnn1CC)C1CCN(C(=O)OC(C)(C)C)C1. The fourth-order valence-corrected chi connectivity index (χ4v) is 3.16. The van der Waals surface area contributed by atoms with E-state index in [0.717, 1.165) is 32.6 Å². The molecule has 1 aromatic heterocycles. The van der Waals surface area contributed by atoms with Crippen LogP contribution >= 0.6 is 0 Å². The average Bonchev–Trinajstić information content (AvgIpc) is 3.12. The zero-order valence-corrected chi connectivity index (χ0v) is 15.0. The van der Waals surface area contributed by atoms with Crippen molar-refractivity contribution < 1.29 is 9.53 Å².